The van der Waals surface area contributed by atoms with Crippen LogP contribution in [0.15, 0.2) is 83.3 Å². The Morgan fingerprint density at radius 1 is 1.00 bits per heavy atom. The zero-order chi connectivity index (χ0) is 19.2. The first-order chi connectivity index (χ1) is 13.1. The summed E-state index contributed by atoms with van der Waals surface area (Å²) in [4.78, 5) is 12.8. The largest absolute Gasteiger partial charge is 0.497 e. The van der Waals surface area contributed by atoms with Crippen LogP contribution in [0, 0.1) is 0 Å². The number of allylic oxidation sites excluding steroid dienone is 1. The first-order valence-electron chi connectivity index (χ1n) is 8.25. The molecule has 0 spiro atoms. The van der Waals surface area contributed by atoms with Crippen molar-refractivity contribution in [1.82, 2.24) is 0 Å². The molecule has 0 fully saturated rings. The molecule has 0 aliphatic rings. The van der Waals surface area contributed by atoms with Crippen molar-refractivity contribution in [2.24, 2.45) is 0 Å². The summed E-state index contributed by atoms with van der Waals surface area (Å²) in [7, 11) is 1.62. The molecule has 27 heavy (non-hydrogen) atoms. The third kappa shape index (κ3) is 4.79. The van der Waals surface area contributed by atoms with Gasteiger partial charge in [-0.15, -0.1) is 0 Å². The van der Waals surface area contributed by atoms with Gasteiger partial charge in [0.2, 0.25) is 0 Å². The van der Waals surface area contributed by atoms with Gasteiger partial charge in [0, 0.05) is 21.8 Å². The smallest absolute Gasteiger partial charge is 0.189 e. The number of ether oxygens (including phenoxy) is 1. The molecule has 0 aliphatic carbocycles. The average molecular weight is 443 g/mol. The summed E-state index contributed by atoms with van der Waals surface area (Å²) >= 11 is 9.71. The predicted octanol–water partition coefficient (Wildman–Crippen LogP) is 6.45. The van der Waals surface area contributed by atoms with Gasteiger partial charge in [0.15, 0.2) is 5.78 Å². The molecule has 0 atom stereocenters. The molecular formula is C22H17BrClNO2. The minimum absolute atomic E-state index is 0.175. The van der Waals surface area contributed by atoms with Crippen molar-refractivity contribution in [2.75, 3.05) is 12.4 Å². The predicted molar refractivity (Wildman–Crippen MR) is 115 cm³/mol. The van der Waals surface area contributed by atoms with E-state index in [1.54, 1.807) is 37.5 Å². The van der Waals surface area contributed by atoms with Crippen molar-refractivity contribution < 1.29 is 9.53 Å². The maximum Gasteiger partial charge on any atom is 0.189 e. The van der Waals surface area contributed by atoms with Crippen LogP contribution in [0.5, 0.6) is 5.75 Å². The van der Waals surface area contributed by atoms with Gasteiger partial charge < -0.3 is 10.1 Å². The number of carbonyl (C=O) groups is 1. The van der Waals surface area contributed by atoms with Crippen LogP contribution in [0.1, 0.15) is 15.9 Å². The quantitative estimate of drug-likeness (QED) is 0.352. The van der Waals surface area contributed by atoms with Gasteiger partial charge in [-0.3, -0.25) is 4.79 Å². The number of benzene rings is 3. The highest BCUT2D eigenvalue weighted by molar-refractivity contribution is 9.10. The summed E-state index contributed by atoms with van der Waals surface area (Å²) in [6, 6.07) is 22.2. The van der Waals surface area contributed by atoms with Gasteiger partial charge in [0.1, 0.15) is 5.75 Å². The van der Waals surface area contributed by atoms with Crippen LogP contribution in [0.4, 0.5) is 5.69 Å². The van der Waals surface area contributed by atoms with E-state index in [0.717, 1.165) is 21.5 Å². The number of nitrogens with one attached hydrogen (secondary N) is 1. The molecule has 3 rings (SSSR count). The summed E-state index contributed by atoms with van der Waals surface area (Å²) in [5.74, 6) is 0.572. The third-order valence-electron chi connectivity index (χ3n) is 3.96. The zero-order valence-electron chi connectivity index (χ0n) is 14.6. The van der Waals surface area contributed by atoms with E-state index in [9.17, 15) is 4.79 Å². The molecule has 136 valence electrons. The number of halogens is 2. The fraction of sp³-hybridized carbons (Fsp3) is 0.0455. The highest BCUT2D eigenvalue weighted by atomic mass is 79.9. The molecule has 0 saturated heterocycles. The molecule has 0 aliphatic heterocycles. The molecule has 0 aromatic heterocycles. The number of methoxy groups -OCH3 is 1. The first-order valence-corrected chi connectivity index (χ1v) is 9.42. The topological polar surface area (TPSA) is 38.3 Å². The normalized spacial score (nSPS) is 11.1. The maximum absolute atomic E-state index is 12.8. The summed E-state index contributed by atoms with van der Waals surface area (Å²) in [6.07, 6.45) is 1.56. The minimum atomic E-state index is -0.175. The Bertz CT molecular complexity index is 984. The molecule has 0 bridgehead atoms. The molecular weight excluding hydrogens is 426 g/mol. The highest BCUT2D eigenvalue weighted by Crippen LogP contribution is 2.27. The van der Waals surface area contributed by atoms with E-state index < -0.39 is 0 Å². The lowest BCUT2D eigenvalue weighted by Crippen LogP contribution is -2.04. The van der Waals surface area contributed by atoms with Crippen LogP contribution in [-0.4, -0.2) is 12.9 Å². The first kappa shape index (κ1) is 19.2. The van der Waals surface area contributed by atoms with Crippen molar-refractivity contribution in [2.45, 2.75) is 0 Å². The minimum Gasteiger partial charge on any atom is -0.497 e. The molecule has 3 aromatic rings. The van der Waals surface area contributed by atoms with E-state index in [1.165, 1.54) is 0 Å². The van der Waals surface area contributed by atoms with Crippen LogP contribution in [0.3, 0.4) is 0 Å². The fourth-order valence-corrected chi connectivity index (χ4v) is 3.15. The Hall–Kier alpha value is -2.56. The van der Waals surface area contributed by atoms with E-state index in [1.807, 2.05) is 48.5 Å². The number of hydrogen-bond acceptors (Lipinski definition) is 3. The van der Waals surface area contributed by atoms with Crippen LogP contribution in [-0.2, 0) is 0 Å². The van der Waals surface area contributed by atoms with E-state index in [4.69, 9.17) is 16.3 Å². The molecule has 0 radical (unpaired) electrons. The second-order valence-corrected chi connectivity index (χ2v) is 7.00. The summed E-state index contributed by atoms with van der Waals surface area (Å²) in [5, 5.41) is 3.76. The molecule has 5 heteroatoms. The maximum atomic E-state index is 12.8. The molecule has 0 amide bonds. The van der Waals surface area contributed by atoms with Gasteiger partial charge >= 0.3 is 0 Å². The Morgan fingerprint density at radius 3 is 2.33 bits per heavy atom. The Labute approximate surface area is 171 Å². The van der Waals surface area contributed by atoms with Crippen molar-refractivity contribution in [3.05, 3.63) is 99.5 Å². The molecule has 0 unspecified atom stereocenters. The molecule has 3 aromatic carbocycles. The number of anilines is 1. The number of rotatable bonds is 6. The summed E-state index contributed by atoms with van der Waals surface area (Å²) in [6.45, 7) is 0. The van der Waals surface area contributed by atoms with Crippen LogP contribution in [0.25, 0.3) is 5.70 Å². The second-order valence-electron chi connectivity index (χ2n) is 5.74. The molecule has 1 N–H and O–H groups in total. The lowest BCUT2D eigenvalue weighted by atomic mass is 10.1. The highest BCUT2D eigenvalue weighted by Gasteiger charge is 2.12. The van der Waals surface area contributed by atoms with Gasteiger partial charge in [-0.1, -0.05) is 35.9 Å². The molecule has 3 nitrogen and oxygen atoms in total. The third-order valence-corrected chi connectivity index (χ3v) is 4.98. The summed E-state index contributed by atoms with van der Waals surface area (Å²) in [5.41, 5.74) is 2.83. The fourth-order valence-electron chi connectivity index (χ4n) is 2.54. The van der Waals surface area contributed by atoms with Crippen LogP contribution < -0.4 is 10.1 Å². The average Bonchev–Trinajstić information content (AvgIpc) is 2.69. The van der Waals surface area contributed by atoms with E-state index >= 15 is 0 Å². The second kappa shape index (κ2) is 8.89. The number of ketones is 1. The van der Waals surface area contributed by atoms with Crippen molar-refractivity contribution >= 4 is 44.7 Å². The van der Waals surface area contributed by atoms with Crippen molar-refractivity contribution in [3.8, 4) is 5.75 Å². The number of carbonyl (C=O) groups excluding carboxylic acids is 1. The monoisotopic (exact) mass is 441 g/mol. The van der Waals surface area contributed by atoms with Crippen molar-refractivity contribution in [3.63, 3.8) is 0 Å². The van der Waals surface area contributed by atoms with Crippen LogP contribution in [0.2, 0.25) is 5.02 Å². The lowest BCUT2D eigenvalue weighted by molar-refractivity contribution is 0.104. The Kier molecular flexibility index (Phi) is 6.32. The molecule has 0 heterocycles. The lowest BCUT2D eigenvalue weighted by Gasteiger charge is -2.14. The van der Waals surface area contributed by atoms with Gasteiger partial charge in [-0.2, -0.15) is 0 Å². The van der Waals surface area contributed by atoms with Gasteiger partial charge in [-0.05, 0) is 70.0 Å². The number of para-hydroxylation sites is 1. The standard InChI is InChI=1S/C22H17BrClNO2/c1-27-16-12-10-15(11-13-16)21(25-20-9-5-3-7-18(20)23)14-22(26)17-6-2-4-8-19(17)24/h2-14,25H,1H3/b21-14+. The summed E-state index contributed by atoms with van der Waals surface area (Å²) < 4.78 is 6.12. The molecule has 0 saturated carbocycles. The number of hydrogen-bond donors (Lipinski definition) is 1. The van der Waals surface area contributed by atoms with E-state index in [2.05, 4.69) is 21.2 Å². The van der Waals surface area contributed by atoms with Gasteiger partial charge in [-0.25, -0.2) is 0 Å². The van der Waals surface area contributed by atoms with Crippen molar-refractivity contribution in [1.29, 1.82) is 0 Å². The Balaban J connectivity index is 2.02. The SMILES string of the molecule is COc1ccc(/C(=C\C(=O)c2ccccc2Cl)Nc2ccccc2Br)cc1. The Morgan fingerprint density at radius 2 is 1.67 bits per heavy atom. The van der Waals surface area contributed by atoms with Gasteiger partial charge in [0.05, 0.1) is 17.8 Å². The van der Waals surface area contributed by atoms with E-state index in [-0.39, 0.29) is 5.78 Å². The zero-order valence-corrected chi connectivity index (χ0v) is 16.9. The van der Waals surface area contributed by atoms with Gasteiger partial charge in [0.25, 0.3) is 0 Å². The van der Waals surface area contributed by atoms with Crippen LogP contribution >= 0.6 is 27.5 Å². The van der Waals surface area contributed by atoms with E-state index in [0.29, 0.717) is 16.3 Å².